The molecule has 104 valence electrons. The summed E-state index contributed by atoms with van der Waals surface area (Å²) in [4.78, 5) is 37.1. The monoisotopic (exact) mass is 272 g/mol. The first-order valence-corrected chi connectivity index (χ1v) is 6.86. The molecule has 2 aliphatic rings. The standard InChI is InChI=1S/C15H16N2O3/c1-2-9-3-4-10-8-17(15(20)11(10)7-9)12-5-6-13(18)16-14(12)19/h3-4,7,12H,2,5-6,8H2,1H3,(H,16,18,19). The highest BCUT2D eigenvalue weighted by atomic mass is 16.2. The van der Waals surface area contributed by atoms with Crippen LogP contribution in [-0.4, -0.2) is 28.7 Å². The molecule has 2 heterocycles. The molecule has 1 aromatic carbocycles. The van der Waals surface area contributed by atoms with Gasteiger partial charge in [-0.1, -0.05) is 19.1 Å². The Morgan fingerprint density at radius 3 is 2.80 bits per heavy atom. The molecular formula is C15H16N2O3. The number of aryl methyl sites for hydroxylation is 1. The third kappa shape index (κ3) is 1.99. The zero-order valence-corrected chi connectivity index (χ0v) is 11.3. The van der Waals surface area contributed by atoms with Gasteiger partial charge in [-0.2, -0.15) is 0 Å². The van der Waals surface area contributed by atoms with Crippen LogP contribution in [0.15, 0.2) is 18.2 Å². The number of nitrogens with zero attached hydrogens (tertiary/aromatic N) is 1. The maximum Gasteiger partial charge on any atom is 0.255 e. The van der Waals surface area contributed by atoms with Crippen molar-refractivity contribution >= 4 is 17.7 Å². The normalized spacial score (nSPS) is 21.9. The molecule has 1 N–H and O–H groups in total. The number of fused-ring (bicyclic) bond motifs is 1. The van der Waals surface area contributed by atoms with Gasteiger partial charge >= 0.3 is 0 Å². The molecule has 1 aromatic rings. The van der Waals surface area contributed by atoms with Crippen molar-refractivity contribution in [2.45, 2.75) is 38.8 Å². The van der Waals surface area contributed by atoms with E-state index in [0.29, 0.717) is 18.5 Å². The average Bonchev–Trinajstić information content (AvgIpc) is 2.76. The van der Waals surface area contributed by atoms with E-state index in [9.17, 15) is 14.4 Å². The van der Waals surface area contributed by atoms with Crippen molar-refractivity contribution in [1.29, 1.82) is 0 Å². The fourth-order valence-corrected chi connectivity index (χ4v) is 2.82. The molecule has 3 rings (SSSR count). The number of hydrogen-bond acceptors (Lipinski definition) is 3. The summed E-state index contributed by atoms with van der Waals surface area (Å²) in [5.74, 6) is -0.730. The van der Waals surface area contributed by atoms with Crippen LogP contribution in [0.4, 0.5) is 0 Å². The van der Waals surface area contributed by atoms with E-state index >= 15 is 0 Å². The van der Waals surface area contributed by atoms with Gasteiger partial charge in [0.15, 0.2) is 0 Å². The predicted octanol–water partition coefficient (Wildman–Crippen LogP) is 1.01. The molecule has 1 atom stereocenters. The number of carbonyl (C=O) groups is 3. The van der Waals surface area contributed by atoms with Crippen molar-refractivity contribution in [1.82, 2.24) is 10.2 Å². The minimum atomic E-state index is -0.530. The van der Waals surface area contributed by atoms with Gasteiger partial charge in [0.05, 0.1) is 0 Å². The lowest BCUT2D eigenvalue weighted by Crippen LogP contribution is -2.52. The van der Waals surface area contributed by atoms with Crippen LogP contribution in [0, 0.1) is 0 Å². The Hall–Kier alpha value is -2.17. The molecule has 1 unspecified atom stereocenters. The van der Waals surface area contributed by atoms with Crippen LogP contribution in [0.3, 0.4) is 0 Å². The quantitative estimate of drug-likeness (QED) is 0.817. The highest BCUT2D eigenvalue weighted by molar-refractivity contribution is 6.05. The molecule has 3 amide bonds. The van der Waals surface area contributed by atoms with Crippen LogP contribution < -0.4 is 5.32 Å². The van der Waals surface area contributed by atoms with Crippen LogP contribution in [0.5, 0.6) is 0 Å². The summed E-state index contributed by atoms with van der Waals surface area (Å²) in [5, 5.41) is 2.30. The zero-order valence-electron chi connectivity index (χ0n) is 11.3. The van der Waals surface area contributed by atoms with Gasteiger partial charge in [0.2, 0.25) is 11.8 Å². The third-order valence-corrected chi connectivity index (χ3v) is 4.00. The van der Waals surface area contributed by atoms with Crippen molar-refractivity contribution in [3.05, 3.63) is 34.9 Å². The van der Waals surface area contributed by atoms with Gasteiger partial charge in [-0.25, -0.2) is 0 Å². The van der Waals surface area contributed by atoms with Crippen LogP contribution >= 0.6 is 0 Å². The molecule has 1 saturated heterocycles. The number of hydrogen-bond donors (Lipinski definition) is 1. The second kappa shape index (κ2) is 4.74. The number of piperidine rings is 1. The minimum Gasteiger partial charge on any atom is -0.322 e. The molecule has 20 heavy (non-hydrogen) atoms. The Bertz CT molecular complexity index is 609. The topological polar surface area (TPSA) is 66.5 Å². The van der Waals surface area contributed by atoms with Crippen LogP contribution in [0.2, 0.25) is 0 Å². The lowest BCUT2D eigenvalue weighted by Gasteiger charge is -2.29. The molecule has 5 nitrogen and oxygen atoms in total. The average molecular weight is 272 g/mol. The van der Waals surface area contributed by atoms with E-state index in [1.54, 1.807) is 4.90 Å². The fraction of sp³-hybridized carbons (Fsp3) is 0.400. The van der Waals surface area contributed by atoms with Crippen LogP contribution in [-0.2, 0) is 22.6 Å². The molecule has 1 fully saturated rings. The fourth-order valence-electron chi connectivity index (χ4n) is 2.82. The van der Waals surface area contributed by atoms with E-state index in [1.807, 2.05) is 25.1 Å². The Balaban J connectivity index is 1.86. The van der Waals surface area contributed by atoms with Crippen LogP contribution in [0.25, 0.3) is 0 Å². The van der Waals surface area contributed by atoms with Gasteiger partial charge in [-0.05, 0) is 30.0 Å². The number of benzene rings is 1. The highest BCUT2D eigenvalue weighted by Gasteiger charge is 2.38. The van der Waals surface area contributed by atoms with Crippen molar-refractivity contribution in [3.8, 4) is 0 Å². The summed E-state index contributed by atoms with van der Waals surface area (Å²) in [6.45, 7) is 2.49. The van der Waals surface area contributed by atoms with Crippen molar-refractivity contribution in [2.24, 2.45) is 0 Å². The summed E-state index contributed by atoms with van der Waals surface area (Å²) in [7, 11) is 0. The summed E-state index contributed by atoms with van der Waals surface area (Å²) in [5.41, 5.74) is 2.76. The van der Waals surface area contributed by atoms with E-state index in [1.165, 1.54) is 0 Å². The molecule has 0 spiro atoms. The van der Waals surface area contributed by atoms with Gasteiger partial charge < -0.3 is 4.90 Å². The Kier molecular flexibility index (Phi) is 3.04. The third-order valence-electron chi connectivity index (χ3n) is 4.00. The first-order valence-electron chi connectivity index (χ1n) is 6.86. The Labute approximate surface area is 116 Å². The van der Waals surface area contributed by atoms with Crippen molar-refractivity contribution < 1.29 is 14.4 Å². The number of carbonyl (C=O) groups excluding carboxylic acids is 3. The summed E-state index contributed by atoms with van der Waals surface area (Å²) >= 11 is 0. The first kappa shape index (κ1) is 12.8. The maximum atomic E-state index is 12.5. The summed E-state index contributed by atoms with van der Waals surface area (Å²) in [6, 6.07) is 5.35. The lowest BCUT2D eigenvalue weighted by molar-refractivity contribution is -0.136. The minimum absolute atomic E-state index is 0.107. The predicted molar refractivity (Wildman–Crippen MR) is 71.9 cm³/mol. The molecular weight excluding hydrogens is 256 g/mol. The smallest absolute Gasteiger partial charge is 0.255 e. The summed E-state index contributed by atoms with van der Waals surface area (Å²) in [6.07, 6.45) is 1.57. The van der Waals surface area contributed by atoms with Crippen LogP contribution in [0.1, 0.15) is 41.3 Å². The number of imide groups is 1. The van der Waals surface area contributed by atoms with E-state index < -0.39 is 6.04 Å². The lowest BCUT2D eigenvalue weighted by atomic mass is 10.0. The van der Waals surface area contributed by atoms with E-state index in [4.69, 9.17) is 0 Å². The second-order valence-corrected chi connectivity index (χ2v) is 5.25. The Morgan fingerprint density at radius 1 is 1.30 bits per heavy atom. The van der Waals surface area contributed by atoms with Gasteiger partial charge in [0.1, 0.15) is 6.04 Å². The maximum absolute atomic E-state index is 12.5. The number of rotatable bonds is 2. The van der Waals surface area contributed by atoms with Crippen molar-refractivity contribution in [2.75, 3.05) is 0 Å². The van der Waals surface area contributed by atoms with Gasteiger partial charge in [0.25, 0.3) is 5.91 Å². The van der Waals surface area contributed by atoms with Gasteiger partial charge in [0, 0.05) is 18.5 Å². The molecule has 5 heteroatoms. The van der Waals surface area contributed by atoms with Gasteiger partial charge in [-0.3, -0.25) is 19.7 Å². The van der Waals surface area contributed by atoms with E-state index in [-0.39, 0.29) is 24.1 Å². The first-order chi connectivity index (χ1) is 9.60. The Morgan fingerprint density at radius 2 is 2.10 bits per heavy atom. The van der Waals surface area contributed by atoms with Crippen molar-refractivity contribution in [3.63, 3.8) is 0 Å². The number of amides is 3. The molecule has 0 aromatic heterocycles. The largest absolute Gasteiger partial charge is 0.322 e. The second-order valence-electron chi connectivity index (χ2n) is 5.25. The van der Waals surface area contributed by atoms with E-state index in [0.717, 1.165) is 17.5 Å². The number of nitrogens with one attached hydrogen (secondary N) is 1. The highest BCUT2D eigenvalue weighted by Crippen LogP contribution is 2.28. The van der Waals surface area contributed by atoms with E-state index in [2.05, 4.69) is 5.32 Å². The molecule has 0 bridgehead atoms. The molecule has 0 radical (unpaired) electrons. The zero-order chi connectivity index (χ0) is 14.3. The molecule has 0 aliphatic carbocycles. The van der Waals surface area contributed by atoms with Gasteiger partial charge in [-0.15, -0.1) is 0 Å². The summed E-state index contributed by atoms with van der Waals surface area (Å²) < 4.78 is 0. The molecule has 0 saturated carbocycles. The molecule has 2 aliphatic heterocycles. The SMILES string of the molecule is CCc1ccc2c(c1)C(=O)N(C1CCC(=O)NC1=O)C2.